The van der Waals surface area contributed by atoms with Gasteiger partial charge in [0, 0.05) is 21.5 Å². The van der Waals surface area contributed by atoms with Gasteiger partial charge in [-0.2, -0.15) is 15.8 Å². The van der Waals surface area contributed by atoms with E-state index < -0.39 is 0 Å². The van der Waals surface area contributed by atoms with Crippen molar-refractivity contribution in [2.75, 3.05) is 0 Å². The first kappa shape index (κ1) is 44.0. The summed E-state index contributed by atoms with van der Waals surface area (Å²) in [5, 5.41) is 34.2. The van der Waals surface area contributed by atoms with E-state index in [0.717, 1.165) is 93.8 Å². The number of benzene rings is 10. The number of fused-ring (bicyclic) bond motifs is 6. The summed E-state index contributed by atoms with van der Waals surface area (Å²) in [5.74, 6) is 0. The molecule has 0 radical (unpaired) electrons. The zero-order valence-electron chi connectivity index (χ0n) is 39.2. The maximum atomic E-state index is 10.2. The summed E-state index contributed by atoms with van der Waals surface area (Å²) < 4.78 is 4.43. The molecule has 338 valence electrons. The minimum atomic E-state index is 0.380. The molecular formula is C66H34N8. The third kappa shape index (κ3) is 7.10. The molecule has 8 heteroatoms. The zero-order chi connectivity index (χ0) is 50.5. The van der Waals surface area contributed by atoms with E-state index >= 15 is 0 Å². The molecule has 12 aromatic rings. The van der Waals surface area contributed by atoms with Crippen LogP contribution in [0.3, 0.4) is 0 Å². The topological polar surface area (TPSA) is 94.3 Å². The smallest absolute Gasteiger partial charge is 0.197 e. The molecule has 0 saturated carbocycles. The minimum Gasteiger partial charge on any atom is -0.308 e. The van der Waals surface area contributed by atoms with Gasteiger partial charge in [0.05, 0.1) is 88.1 Å². The standard InChI is InChI=1S/C66H34N8/c1-70-58-21-10-8-19-51(58)45-25-29-62-56(34-45)54-32-43(49-17-6-4-14-47(49)39-68)23-27-61(54)73(62)65-36-53(42-16-12-13-41(31-42)38-67)60(72-3)37-66(65)74-63-28-24-44(50-18-7-5-15-48(50)40-69)33-55(63)57-35-46(26-30-64(57)74)52-20-9-11-22-59(52)71-2/h4-37H. The molecule has 10 aromatic carbocycles. The Bertz CT molecular complexity index is 4410. The van der Waals surface area contributed by atoms with Crippen LogP contribution in [0.25, 0.3) is 125 Å². The van der Waals surface area contributed by atoms with Gasteiger partial charge in [-0.05, 0) is 141 Å². The predicted octanol–water partition coefficient (Wildman–Crippen LogP) is 17.5. The normalized spacial score (nSPS) is 10.9. The molecule has 0 spiro atoms. The number of hydrogen-bond donors (Lipinski definition) is 0. The van der Waals surface area contributed by atoms with Crippen LogP contribution < -0.4 is 0 Å². The van der Waals surface area contributed by atoms with Gasteiger partial charge < -0.3 is 9.13 Å². The van der Waals surface area contributed by atoms with Crippen LogP contribution in [0.5, 0.6) is 0 Å². The van der Waals surface area contributed by atoms with Crippen molar-refractivity contribution < 1.29 is 0 Å². The molecule has 0 atom stereocenters. The average Bonchev–Trinajstić information content (AvgIpc) is 3.98. The monoisotopic (exact) mass is 938 g/mol. The summed E-state index contributed by atoms with van der Waals surface area (Å²) in [4.78, 5) is 11.9. The van der Waals surface area contributed by atoms with E-state index in [2.05, 4.69) is 96.5 Å². The summed E-state index contributed by atoms with van der Waals surface area (Å²) >= 11 is 0. The Hall–Kier alpha value is -11.3. The highest BCUT2D eigenvalue weighted by Gasteiger charge is 2.25. The van der Waals surface area contributed by atoms with Gasteiger partial charge in [-0.25, -0.2) is 14.5 Å². The van der Waals surface area contributed by atoms with Gasteiger partial charge >= 0.3 is 0 Å². The highest BCUT2D eigenvalue weighted by Crippen LogP contribution is 2.46. The van der Waals surface area contributed by atoms with Crippen LogP contribution in [0, 0.1) is 53.7 Å². The van der Waals surface area contributed by atoms with Crippen LogP contribution >= 0.6 is 0 Å². The van der Waals surface area contributed by atoms with Crippen LogP contribution in [0.15, 0.2) is 206 Å². The molecule has 0 aliphatic rings. The number of para-hydroxylation sites is 2. The largest absolute Gasteiger partial charge is 0.308 e. The van der Waals surface area contributed by atoms with Crippen molar-refractivity contribution in [3.63, 3.8) is 0 Å². The zero-order valence-corrected chi connectivity index (χ0v) is 39.2. The van der Waals surface area contributed by atoms with E-state index in [1.807, 2.05) is 146 Å². The van der Waals surface area contributed by atoms with E-state index in [0.29, 0.717) is 50.6 Å². The lowest BCUT2D eigenvalue weighted by molar-refractivity contribution is 1.10. The fraction of sp³-hybridized carbons (Fsp3) is 0. The Kier molecular flexibility index (Phi) is 10.7. The Morgan fingerprint density at radius 1 is 0.311 bits per heavy atom. The van der Waals surface area contributed by atoms with Gasteiger partial charge in [-0.3, -0.25) is 0 Å². The molecule has 0 bridgehead atoms. The highest BCUT2D eigenvalue weighted by molar-refractivity contribution is 6.15. The van der Waals surface area contributed by atoms with Crippen molar-refractivity contribution in [1.29, 1.82) is 15.8 Å². The summed E-state index contributed by atoms with van der Waals surface area (Å²) in [7, 11) is 0. The second-order valence-electron chi connectivity index (χ2n) is 17.8. The Labute approximate surface area is 426 Å². The average molecular weight is 939 g/mol. The number of aromatic nitrogens is 2. The fourth-order valence-electron chi connectivity index (χ4n) is 10.5. The van der Waals surface area contributed by atoms with E-state index in [1.165, 1.54) is 0 Å². The van der Waals surface area contributed by atoms with Crippen molar-refractivity contribution in [2.45, 2.75) is 0 Å². The van der Waals surface area contributed by atoms with Crippen molar-refractivity contribution in [1.82, 2.24) is 9.13 Å². The highest BCUT2D eigenvalue weighted by atomic mass is 15.1. The Morgan fingerprint density at radius 2 is 0.689 bits per heavy atom. The molecule has 0 amide bonds. The Balaban J connectivity index is 1.22. The first-order chi connectivity index (χ1) is 36.4. The number of hydrogen-bond acceptors (Lipinski definition) is 3. The fourth-order valence-corrected chi connectivity index (χ4v) is 10.5. The lowest BCUT2D eigenvalue weighted by Crippen LogP contribution is -2.04. The lowest BCUT2D eigenvalue weighted by Gasteiger charge is -2.20. The second kappa shape index (κ2) is 17.9. The van der Waals surface area contributed by atoms with Gasteiger partial charge in [-0.1, -0.05) is 121 Å². The van der Waals surface area contributed by atoms with Crippen LogP contribution in [-0.2, 0) is 0 Å². The summed E-state index contributed by atoms with van der Waals surface area (Å²) in [6.45, 7) is 24.8. The van der Waals surface area contributed by atoms with Gasteiger partial charge in [-0.15, -0.1) is 0 Å². The molecule has 2 aromatic heterocycles. The lowest BCUT2D eigenvalue weighted by atomic mass is 9.97. The van der Waals surface area contributed by atoms with Gasteiger partial charge in [0.2, 0.25) is 0 Å². The first-order valence-corrected chi connectivity index (χ1v) is 23.6. The number of nitriles is 3. The Morgan fingerprint density at radius 3 is 1.11 bits per heavy atom. The maximum absolute atomic E-state index is 10.2. The molecule has 0 saturated heterocycles. The summed E-state index contributed by atoms with van der Waals surface area (Å²) in [6, 6.07) is 73.6. The van der Waals surface area contributed by atoms with Gasteiger partial charge in [0.25, 0.3) is 0 Å². The quantitative estimate of drug-likeness (QED) is 0.149. The molecule has 0 fully saturated rings. The van der Waals surface area contributed by atoms with Crippen molar-refractivity contribution in [2.24, 2.45) is 0 Å². The molecule has 8 nitrogen and oxygen atoms in total. The molecule has 0 N–H and O–H groups in total. The van der Waals surface area contributed by atoms with Gasteiger partial charge in [0.1, 0.15) is 0 Å². The summed E-state index contributed by atoms with van der Waals surface area (Å²) in [6.07, 6.45) is 0. The molecule has 0 aliphatic carbocycles. The third-order valence-electron chi connectivity index (χ3n) is 13.9. The molecular weight excluding hydrogens is 905 g/mol. The molecule has 74 heavy (non-hydrogen) atoms. The van der Waals surface area contributed by atoms with Crippen LogP contribution in [0.2, 0.25) is 0 Å². The van der Waals surface area contributed by atoms with E-state index in [4.69, 9.17) is 19.7 Å². The number of nitrogens with zero attached hydrogens (tertiary/aromatic N) is 8. The molecule has 0 aliphatic heterocycles. The molecule has 12 rings (SSSR count). The minimum absolute atomic E-state index is 0.380. The van der Waals surface area contributed by atoms with E-state index in [-0.39, 0.29) is 0 Å². The van der Waals surface area contributed by atoms with Crippen molar-refractivity contribution in [3.8, 4) is 85.2 Å². The molecule has 2 heterocycles. The van der Waals surface area contributed by atoms with Crippen molar-refractivity contribution in [3.05, 3.63) is 257 Å². The number of rotatable bonds is 7. The van der Waals surface area contributed by atoms with Gasteiger partial charge in [0.15, 0.2) is 17.1 Å². The van der Waals surface area contributed by atoms with E-state index in [1.54, 1.807) is 6.07 Å². The van der Waals surface area contributed by atoms with Crippen LogP contribution in [0.4, 0.5) is 17.1 Å². The van der Waals surface area contributed by atoms with Crippen LogP contribution in [0.1, 0.15) is 16.7 Å². The van der Waals surface area contributed by atoms with Crippen LogP contribution in [-0.4, -0.2) is 9.13 Å². The summed E-state index contributed by atoms with van der Waals surface area (Å²) in [5.41, 5.74) is 15.9. The molecule has 0 unspecified atom stereocenters. The third-order valence-corrected chi connectivity index (χ3v) is 13.9. The SMILES string of the molecule is [C-]#[N+]c1ccccc1-c1ccc2c(c1)c1cc(-c3ccccc3C#N)ccc1n2-c1cc([N+]#[C-])c(-c2cccc(C#N)c2)cc1-n1c2ccc(-c3ccccc3C#N)cc2c2cc(-c3ccccc3[N+]#[C-])ccc21. The first-order valence-electron chi connectivity index (χ1n) is 23.6. The second-order valence-corrected chi connectivity index (χ2v) is 17.8. The van der Waals surface area contributed by atoms with Crippen molar-refractivity contribution >= 4 is 60.7 Å². The maximum Gasteiger partial charge on any atom is 0.197 e. The predicted molar refractivity (Wildman–Crippen MR) is 295 cm³/mol. The van der Waals surface area contributed by atoms with E-state index in [9.17, 15) is 15.8 Å².